The summed E-state index contributed by atoms with van der Waals surface area (Å²) < 4.78 is 0. The largest absolute Gasteiger partial charge is 0.372 e. The number of nitrogens with zero attached hydrogens (tertiary/aromatic N) is 5. The molecule has 1 atom stereocenters. The van der Waals surface area contributed by atoms with Gasteiger partial charge in [0.05, 0.1) is 4.92 Å². The van der Waals surface area contributed by atoms with Crippen LogP contribution in [0.3, 0.4) is 0 Å². The zero-order chi connectivity index (χ0) is 27.8. The molecular formula is C29H34N6O5. The molecule has 2 aromatic carbocycles. The number of hydrogen-bond donors (Lipinski definition) is 1. The predicted molar refractivity (Wildman–Crippen MR) is 149 cm³/mol. The van der Waals surface area contributed by atoms with Gasteiger partial charge >= 0.3 is 0 Å². The number of anilines is 2. The molecule has 2 aromatic rings. The lowest BCUT2D eigenvalue weighted by Crippen LogP contribution is -2.52. The number of imide groups is 1. The Morgan fingerprint density at radius 3 is 2.20 bits per heavy atom. The minimum Gasteiger partial charge on any atom is -0.372 e. The third-order valence-corrected chi connectivity index (χ3v) is 8.81. The predicted octanol–water partition coefficient (Wildman–Crippen LogP) is 2.39. The fourth-order valence-corrected chi connectivity index (χ4v) is 6.45. The molecule has 3 amide bonds. The second kappa shape index (κ2) is 10.9. The van der Waals surface area contributed by atoms with E-state index in [-0.39, 0.29) is 34.8 Å². The van der Waals surface area contributed by atoms with E-state index in [4.69, 9.17) is 0 Å². The monoisotopic (exact) mass is 546 g/mol. The molecule has 0 aliphatic carbocycles. The Labute approximate surface area is 232 Å². The average Bonchev–Trinajstić information content (AvgIpc) is 3.29. The number of nitrogens with one attached hydrogen (secondary N) is 1. The van der Waals surface area contributed by atoms with Gasteiger partial charge in [0.15, 0.2) is 0 Å². The van der Waals surface area contributed by atoms with E-state index in [9.17, 15) is 24.5 Å². The Morgan fingerprint density at radius 2 is 1.52 bits per heavy atom. The average molecular weight is 547 g/mol. The van der Waals surface area contributed by atoms with Crippen LogP contribution in [0, 0.1) is 16.0 Å². The highest BCUT2D eigenvalue weighted by Gasteiger charge is 2.39. The van der Waals surface area contributed by atoms with E-state index in [0.29, 0.717) is 24.4 Å². The highest BCUT2D eigenvalue weighted by atomic mass is 16.6. The van der Waals surface area contributed by atoms with Gasteiger partial charge in [0.25, 0.3) is 11.6 Å². The van der Waals surface area contributed by atoms with Crippen molar-refractivity contribution in [2.75, 3.05) is 55.6 Å². The minimum absolute atomic E-state index is 0.124. The number of benzene rings is 2. The van der Waals surface area contributed by atoms with E-state index in [1.54, 1.807) is 17.0 Å². The first-order valence-electron chi connectivity index (χ1n) is 14.1. The Hall–Kier alpha value is -3.99. The molecule has 0 saturated carbocycles. The van der Waals surface area contributed by atoms with Crippen molar-refractivity contribution in [2.24, 2.45) is 5.92 Å². The van der Waals surface area contributed by atoms with E-state index < -0.39 is 6.04 Å². The Balaban J connectivity index is 0.989. The van der Waals surface area contributed by atoms with E-state index >= 15 is 0 Å². The van der Waals surface area contributed by atoms with Crippen molar-refractivity contribution in [1.82, 2.24) is 15.1 Å². The molecule has 1 unspecified atom stereocenters. The molecule has 0 bridgehead atoms. The Morgan fingerprint density at radius 1 is 0.850 bits per heavy atom. The van der Waals surface area contributed by atoms with Gasteiger partial charge in [-0.2, -0.15) is 0 Å². The van der Waals surface area contributed by atoms with Gasteiger partial charge < -0.3 is 14.7 Å². The van der Waals surface area contributed by atoms with E-state index in [2.05, 4.69) is 26.1 Å². The summed E-state index contributed by atoms with van der Waals surface area (Å²) in [5.41, 5.74) is 3.79. The zero-order valence-corrected chi connectivity index (χ0v) is 22.5. The van der Waals surface area contributed by atoms with Crippen LogP contribution in [0.1, 0.15) is 41.6 Å². The molecule has 0 spiro atoms. The number of nitro benzene ring substituents is 1. The summed E-state index contributed by atoms with van der Waals surface area (Å²) in [6, 6.07) is 12.3. The minimum atomic E-state index is -0.592. The van der Waals surface area contributed by atoms with Crippen LogP contribution in [0.25, 0.3) is 0 Å². The number of non-ortho nitro benzene ring substituents is 1. The lowest BCUT2D eigenvalue weighted by atomic mass is 9.95. The number of nitro groups is 1. The summed E-state index contributed by atoms with van der Waals surface area (Å²) in [6.07, 6.45) is 2.84. The highest BCUT2D eigenvalue weighted by Crippen LogP contribution is 2.31. The molecule has 11 nitrogen and oxygen atoms in total. The Bertz CT molecular complexity index is 1310. The number of piperidine rings is 2. The quantitative estimate of drug-likeness (QED) is 0.333. The van der Waals surface area contributed by atoms with Gasteiger partial charge in [0, 0.05) is 87.8 Å². The molecule has 4 aliphatic rings. The van der Waals surface area contributed by atoms with Gasteiger partial charge in [0.1, 0.15) is 6.04 Å². The van der Waals surface area contributed by atoms with E-state index in [0.717, 1.165) is 75.6 Å². The maximum Gasteiger partial charge on any atom is 0.269 e. The first-order valence-corrected chi connectivity index (χ1v) is 14.1. The van der Waals surface area contributed by atoms with Crippen molar-refractivity contribution in [3.05, 3.63) is 63.7 Å². The lowest BCUT2D eigenvalue weighted by molar-refractivity contribution is -0.384. The summed E-state index contributed by atoms with van der Waals surface area (Å²) in [4.78, 5) is 56.4. The molecule has 4 heterocycles. The van der Waals surface area contributed by atoms with Crippen molar-refractivity contribution >= 4 is 34.8 Å². The van der Waals surface area contributed by atoms with Gasteiger partial charge in [0.2, 0.25) is 11.8 Å². The highest BCUT2D eigenvalue weighted by molar-refractivity contribution is 6.05. The van der Waals surface area contributed by atoms with Gasteiger partial charge in [-0.25, -0.2) is 0 Å². The molecule has 210 valence electrons. The van der Waals surface area contributed by atoms with Crippen LogP contribution in [-0.4, -0.2) is 84.3 Å². The summed E-state index contributed by atoms with van der Waals surface area (Å²) in [5.74, 6) is -0.160. The SMILES string of the molecule is O=C1CCC(N2Cc3ccc(N4CCN(CC5CCN(c6ccc([N+](=O)[O-])cc6)CC5)CC4)cc3C2=O)C(=O)N1. The molecule has 0 aromatic heterocycles. The van der Waals surface area contributed by atoms with Crippen molar-refractivity contribution in [2.45, 2.75) is 38.3 Å². The van der Waals surface area contributed by atoms with E-state index in [1.807, 2.05) is 24.3 Å². The topological polar surface area (TPSA) is 119 Å². The Kier molecular flexibility index (Phi) is 7.14. The van der Waals surface area contributed by atoms with Gasteiger partial charge in [-0.05, 0) is 55.0 Å². The first-order chi connectivity index (χ1) is 19.4. The van der Waals surface area contributed by atoms with Crippen molar-refractivity contribution in [3.8, 4) is 0 Å². The molecule has 40 heavy (non-hydrogen) atoms. The summed E-state index contributed by atoms with van der Waals surface area (Å²) in [5, 5.41) is 13.3. The number of carbonyl (C=O) groups is 3. The smallest absolute Gasteiger partial charge is 0.269 e. The maximum absolute atomic E-state index is 13.2. The number of carbonyl (C=O) groups excluding carboxylic acids is 3. The molecule has 6 rings (SSSR count). The number of rotatable bonds is 6. The number of piperazine rings is 1. The van der Waals surface area contributed by atoms with Gasteiger partial charge in [-0.3, -0.25) is 34.7 Å². The molecular weight excluding hydrogens is 512 g/mol. The van der Waals surface area contributed by atoms with Crippen LogP contribution in [0.4, 0.5) is 17.1 Å². The fraction of sp³-hybridized carbons (Fsp3) is 0.483. The zero-order valence-electron chi connectivity index (χ0n) is 22.5. The summed E-state index contributed by atoms with van der Waals surface area (Å²) in [6.45, 7) is 7.12. The van der Waals surface area contributed by atoms with Gasteiger partial charge in [-0.15, -0.1) is 0 Å². The number of amides is 3. The maximum atomic E-state index is 13.2. The van der Waals surface area contributed by atoms with Crippen molar-refractivity contribution in [3.63, 3.8) is 0 Å². The molecule has 1 N–H and O–H groups in total. The molecule has 3 saturated heterocycles. The van der Waals surface area contributed by atoms with E-state index in [1.165, 1.54) is 0 Å². The van der Waals surface area contributed by atoms with Crippen LogP contribution < -0.4 is 15.1 Å². The van der Waals surface area contributed by atoms with Crippen LogP contribution >= 0.6 is 0 Å². The summed E-state index contributed by atoms with van der Waals surface area (Å²) in [7, 11) is 0. The van der Waals surface area contributed by atoms with Crippen LogP contribution in [-0.2, 0) is 16.1 Å². The summed E-state index contributed by atoms with van der Waals surface area (Å²) >= 11 is 0. The number of fused-ring (bicyclic) bond motifs is 1. The first kappa shape index (κ1) is 26.2. The third kappa shape index (κ3) is 5.25. The van der Waals surface area contributed by atoms with Crippen LogP contribution in [0.2, 0.25) is 0 Å². The number of hydrogen-bond acceptors (Lipinski definition) is 8. The normalized spacial score (nSPS) is 22.4. The molecule has 11 heteroatoms. The third-order valence-electron chi connectivity index (χ3n) is 8.81. The van der Waals surface area contributed by atoms with Crippen molar-refractivity contribution in [1.29, 1.82) is 0 Å². The van der Waals surface area contributed by atoms with Gasteiger partial charge in [-0.1, -0.05) is 6.07 Å². The second-order valence-corrected chi connectivity index (χ2v) is 11.2. The van der Waals surface area contributed by atoms with Crippen LogP contribution in [0.5, 0.6) is 0 Å². The molecule has 4 aliphatic heterocycles. The second-order valence-electron chi connectivity index (χ2n) is 11.2. The molecule has 3 fully saturated rings. The van der Waals surface area contributed by atoms with Crippen LogP contribution in [0.15, 0.2) is 42.5 Å². The fourth-order valence-electron chi connectivity index (χ4n) is 6.45. The standard InChI is InChI=1S/C29H34N6O5/c36-27-8-7-26(28(37)30-27)34-19-21-1-2-24(17-25(21)29(34)38)33-15-13-31(14-16-33)18-20-9-11-32(12-10-20)22-3-5-23(6-4-22)35(39)40/h1-6,17,20,26H,7-16,18-19H2,(H,30,36,37). The molecule has 0 radical (unpaired) electrons. The lowest BCUT2D eigenvalue weighted by Gasteiger charge is -2.40. The van der Waals surface area contributed by atoms with Crippen molar-refractivity contribution < 1.29 is 19.3 Å².